The summed E-state index contributed by atoms with van der Waals surface area (Å²) in [6.45, 7) is 4.21. The molecule has 0 aliphatic heterocycles. The molecule has 1 fully saturated rings. The largest absolute Gasteiger partial charge is 0.302 e. The van der Waals surface area contributed by atoms with Crippen LogP contribution in [0.3, 0.4) is 0 Å². The number of aromatic amines is 1. The van der Waals surface area contributed by atoms with E-state index in [1.165, 1.54) is 19.3 Å². The van der Waals surface area contributed by atoms with Crippen molar-refractivity contribution >= 4 is 12.2 Å². The van der Waals surface area contributed by atoms with E-state index in [0.717, 1.165) is 16.5 Å². The number of nitrogens with zero attached hydrogens (tertiary/aromatic N) is 2. The fourth-order valence-electron chi connectivity index (χ4n) is 1.84. The zero-order valence-electron chi connectivity index (χ0n) is 8.08. The summed E-state index contributed by atoms with van der Waals surface area (Å²) in [4.78, 5) is 0. The molecule has 0 bridgehead atoms. The van der Waals surface area contributed by atoms with Gasteiger partial charge < -0.3 is 4.57 Å². The van der Waals surface area contributed by atoms with E-state index in [-0.39, 0.29) is 0 Å². The minimum absolute atomic E-state index is 0.499. The number of hydrogen-bond acceptors (Lipinski definition) is 2. The van der Waals surface area contributed by atoms with E-state index in [1.54, 1.807) is 0 Å². The van der Waals surface area contributed by atoms with Gasteiger partial charge in [-0.3, -0.25) is 5.10 Å². The topological polar surface area (TPSA) is 33.6 Å². The molecule has 1 aromatic rings. The highest BCUT2D eigenvalue weighted by atomic mass is 32.1. The Hall–Kier alpha value is -0.640. The highest BCUT2D eigenvalue weighted by Gasteiger charge is 2.24. The molecular formula is C9H15N3S. The Morgan fingerprint density at radius 2 is 2.38 bits per heavy atom. The first-order valence-corrected chi connectivity index (χ1v) is 5.23. The standard InChI is InChI=1S/C9H15N3S/c1-6(5-8-3-4-8)12-7(2)10-11-9(12)13/h6,8H,3-5H2,1-2H3,(H,11,13). The Balaban J connectivity index is 2.17. The zero-order valence-corrected chi connectivity index (χ0v) is 8.90. The Kier molecular flexibility index (Phi) is 2.24. The first-order chi connectivity index (χ1) is 6.18. The van der Waals surface area contributed by atoms with Gasteiger partial charge in [-0.15, -0.1) is 0 Å². The quantitative estimate of drug-likeness (QED) is 0.756. The molecule has 3 nitrogen and oxygen atoms in total. The number of nitrogens with one attached hydrogen (secondary N) is 1. The van der Waals surface area contributed by atoms with Gasteiger partial charge in [-0.05, 0) is 38.4 Å². The van der Waals surface area contributed by atoms with Gasteiger partial charge in [-0.2, -0.15) is 5.10 Å². The van der Waals surface area contributed by atoms with Gasteiger partial charge in [0, 0.05) is 6.04 Å². The first-order valence-electron chi connectivity index (χ1n) is 4.82. The van der Waals surface area contributed by atoms with Gasteiger partial charge in [-0.25, -0.2) is 0 Å². The lowest BCUT2D eigenvalue weighted by molar-refractivity contribution is 0.463. The predicted molar refractivity (Wildman–Crippen MR) is 54.2 cm³/mol. The van der Waals surface area contributed by atoms with Crippen LogP contribution in [0.15, 0.2) is 0 Å². The molecule has 0 spiro atoms. The third-order valence-corrected chi connectivity index (χ3v) is 2.98. The van der Waals surface area contributed by atoms with Crippen LogP contribution in [0, 0.1) is 17.6 Å². The molecule has 0 aromatic carbocycles. The van der Waals surface area contributed by atoms with Gasteiger partial charge in [0.2, 0.25) is 0 Å². The number of hydrogen-bond donors (Lipinski definition) is 1. The second-order valence-electron chi connectivity index (χ2n) is 3.97. The first kappa shape index (κ1) is 8.94. The lowest BCUT2D eigenvalue weighted by atomic mass is 10.1. The number of rotatable bonds is 3. The van der Waals surface area contributed by atoms with Crippen molar-refractivity contribution in [2.45, 2.75) is 39.2 Å². The second kappa shape index (κ2) is 3.25. The lowest BCUT2D eigenvalue weighted by Crippen LogP contribution is -2.08. The average Bonchev–Trinajstić information content (AvgIpc) is 2.79. The predicted octanol–water partition coefficient (Wildman–Crippen LogP) is 2.61. The van der Waals surface area contributed by atoms with E-state index < -0.39 is 0 Å². The van der Waals surface area contributed by atoms with Crippen molar-refractivity contribution in [3.8, 4) is 0 Å². The van der Waals surface area contributed by atoms with Crippen LogP contribution in [0.5, 0.6) is 0 Å². The van der Waals surface area contributed by atoms with Crippen LogP contribution in [0.1, 0.15) is 38.1 Å². The summed E-state index contributed by atoms with van der Waals surface area (Å²) in [5.74, 6) is 1.93. The molecule has 1 aliphatic carbocycles. The fraction of sp³-hybridized carbons (Fsp3) is 0.778. The van der Waals surface area contributed by atoms with E-state index in [2.05, 4.69) is 21.7 Å². The molecule has 4 heteroatoms. The minimum atomic E-state index is 0.499. The van der Waals surface area contributed by atoms with Crippen molar-refractivity contribution in [1.29, 1.82) is 0 Å². The molecule has 1 saturated carbocycles. The maximum Gasteiger partial charge on any atom is 0.195 e. The smallest absolute Gasteiger partial charge is 0.195 e. The van der Waals surface area contributed by atoms with Gasteiger partial charge in [0.15, 0.2) is 4.77 Å². The maximum absolute atomic E-state index is 5.17. The molecule has 1 N–H and O–H groups in total. The van der Waals surface area contributed by atoms with Gasteiger partial charge in [-0.1, -0.05) is 12.8 Å². The molecule has 1 heterocycles. The monoisotopic (exact) mass is 197 g/mol. The highest BCUT2D eigenvalue weighted by molar-refractivity contribution is 7.71. The van der Waals surface area contributed by atoms with E-state index in [4.69, 9.17) is 12.2 Å². The Bertz CT molecular complexity index is 348. The van der Waals surface area contributed by atoms with Gasteiger partial charge in [0.1, 0.15) is 5.82 Å². The summed E-state index contributed by atoms with van der Waals surface area (Å²) < 4.78 is 2.87. The summed E-state index contributed by atoms with van der Waals surface area (Å²) in [6.07, 6.45) is 4.04. The zero-order chi connectivity index (χ0) is 9.42. The van der Waals surface area contributed by atoms with Crippen LogP contribution in [-0.4, -0.2) is 14.8 Å². The normalized spacial score (nSPS) is 18.9. The second-order valence-corrected chi connectivity index (χ2v) is 4.36. The maximum atomic E-state index is 5.17. The fourth-order valence-corrected chi connectivity index (χ4v) is 2.20. The summed E-state index contributed by atoms with van der Waals surface area (Å²) in [5, 5.41) is 6.94. The number of H-pyrrole nitrogens is 1. The number of aromatic nitrogens is 3. The Morgan fingerprint density at radius 3 is 2.85 bits per heavy atom. The SMILES string of the molecule is Cc1n[nH]c(=S)n1C(C)CC1CC1. The molecule has 0 radical (unpaired) electrons. The summed E-state index contributed by atoms with van der Waals surface area (Å²) in [5.41, 5.74) is 0. The van der Waals surface area contributed by atoms with Crippen molar-refractivity contribution in [2.75, 3.05) is 0 Å². The molecule has 1 aromatic heterocycles. The molecule has 2 rings (SSSR count). The molecule has 1 unspecified atom stereocenters. The molecule has 0 saturated heterocycles. The molecule has 0 amide bonds. The van der Waals surface area contributed by atoms with E-state index in [9.17, 15) is 0 Å². The average molecular weight is 197 g/mol. The lowest BCUT2D eigenvalue weighted by Gasteiger charge is -2.13. The summed E-state index contributed by atoms with van der Waals surface area (Å²) in [7, 11) is 0. The van der Waals surface area contributed by atoms with Crippen LogP contribution in [0.2, 0.25) is 0 Å². The van der Waals surface area contributed by atoms with Crippen LogP contribution in [-0.2, 0) is 0 Å². The van der Waals surface area contributed by atoms with E-state index in [0.29, 0.717) is 6.04 Å². The summed E-state index contributed by atoms with van der Waals surface area (Å²) in [6, 6.07) is 0.499. The van der Waals surface area contributed by atoms with Crippen molar-refractivity contribution in [3.05, 3.63) is 10.6 Å². The van der Waals surface area contributed by atoms with Crippen molar-refractivity contribution in [2.24, 2.45) is 5.92 Å². The van der Waals surface area contributed by atoms with Gasteiger partial charge in [0.25, 0.3) is 0 Å². The molecular weight excluding hydrogens is 182 g/mol. The van der Waals surface area contributed by atoms with Crippen LogP contribution in [0.25, 0.3) is 0 Å². The van der Waals surface area contributed by atoms with Gasteiger partial charge >= 0.3 is 0 Å². The summed E-state index contributed by atoms with van der Waals surface area (Å²) >= 11 is 5.17. The van der Waals surface area contributed by atoms with E-state index >= 15 is 0 Å². The highest BCUT2D eigenvalue weighted by Crippen LogP contribution is 2.36. The van der Waals surface area contributed by atoms with Crippen LogP contribution >= 0.6 is 12.2 Å². The third kappa shape index (κ3) is 1.82. The molecule has 1 atom stereocenters. The van der Waals surface area contributed by atoms with Gasteiger partial charge in [0.05, 0.1) is 0 Å². The van der Waals surface area contributed by atoms with E-state index in [1.807, 2.05) is 6.92 Å². The Morgan fingerprint density at radius 1 is 1.69 bits per heavy atom. The number of aryl methyl sites for hydroxylation is 1. The molecule has 72 valence electrons. The molecule has 1 aliphatic rings. The van der Waals surface area contributed by atoms with Crippen molar-refractivity contribution < 1.29 is 0 Å². The Labute approximate surface area is 83.2 Å². The minimum Gasteiger partial charge on any atom is -0.302 e. The van der Waals surface area contributed by atoms with Crippen molar-refractivity contribution in [3.63, 3.8) is 0 Å². The molecule has 13 heavy (non-hydrogen) atoms. The van der Waals surface area contributed by atoms with Crippen molar-refractivity contribution in [1.82, 2.24) is 14.8 Å². The third-order valence-electron chi connectivity index (χ3n) is 2.69. The van der Waals surface area contributed by atoms with Crippen LogP contribution in [0.4, 0.5) is 0 Å². The van der Waals surface area contributed by atoms with Crippen LogP contribution < -0.4 is 0 Å².